The van der Waals surface area contributed by atoms with Crippen LogP contribution in [0.5, 0.6) is 11.5 Å². The van der Waals surface area contributed by atoms with Crippen LogP contribution in [0.4, 0.5) is 0 Å². The molecule has 3 aromatic heterocycles. The number of hydrogen-bond acceptors (Lipinski definition) is 5. The maximum Gasteiger partial charge on any atom is 0.227 e. The first kappa shape index (κ1) is 19.4. The Morgan fingerprint density at radius 1 is 1.06 bits per heavy atom. The van der Waals surface area contributed by atoms with Crippen LogP contribution in [-0.4, -0.2) is 34.7 Å². The largest absolute Gasteiger partial charge is 0.497 e. The third-order valence-corrected chi connectivity index (χ3v) is 6.41. The summed E-state index contributed by atoms with van der Waals surface area (Å²) in [4.78, 5) is 20.6. The molecule has 0 aliphatic carbocycles. The smallest absolute Gasteiger partial charge is 0.227 e. The highest BCUT2D eigenvalue weighted by molar-refractivity contribution is 7.13. The van der Waals surface area contributed by atoms with E-state index in [2.05, 4.69) is 17.3 Å². The van der Waals surface area contributed by atoms with Crippen LogP contribution in [-0.2, 0) is 0 Å². The minimum absolute atomic E-state index is 0.0548. The molecule has 0 aliphatic heterocycles. The van der Waals surface area contributed by atoms with Crippen LogP contribution in [0.1, 0.15) is 17.4 Å². The number of thiazole rings is 1. The highest BCUT2D eigenvalue weighted by Gasteiger charge is 2.19. The zero-order valence-corrected chi connectivity index (χ0v) is 18.5. The Morgan fingerprint density at radius 2 is 1.81 bits per heavy atom. The molecule has 0 bridgehead atoms. The lowest BCUT2D eigenvalue weighted by Gasteiger charge is -2.02. The Hall–Kier alpha value is -3.58. The van der Waals surface area contributed by atoms with Gasteiger partial charge >= 0.3 is 0 Å². The number of H-pyrrole nitrogens is 1. The SMILES string of the molecule is COc1ccc2[nH]c(C)c(-c3csc(-c4cn(C(C)=O)c5cc(OC)ccc45)n3)c2c1. The predicted octanol–water partition coefficient (Wildman–Crippen LogP) is 5.90. The summed E-state index contributed by atoms with van der Waals surface area (Å²) in [5, 5.41) is 4.96. The van der Waals surface area contributed by atoms with Gasteiger partial charge in [-0.2, -0.15) is 0 Å². The van der Waals surface area contributed by atoms with Crippen LogP contribution < -0.4 is 9.47 Å². The molecule has 7 heteroatoms. The van der Waals surface area contributed by atoms with Gasteiger partial charge in [0, 0.05) is 57.7 Å². The maximum absolute atomic E-state index is 12.2. The van der Waals surface area contributed by atoms with Crippen LogP contribution in [0.3, 0.4) is 0 Å². The van der Waals surface area contributed by atoms with Gasteiger partial charge in [0.15, 0.2) is 0 Å². The topological polar surface area (TPSA) is 69.1 Å². The molecule has 1 N–H and O–H groups in total. The van der Waals surface area contributed by atoms with Gasteiger partial charge in [0.1, 0.15) is 16.5 Å². The average Bonchev–Trinajstić information content (AvgIpc) is 3.46. The number of carbonyl (C=O) groups is 1. The molecular formula is C24H21N3O3S. The standard InChI is InChI=1S/C24H21N3O3S/c1-13-23(18-9-15(29-3)6-8-20(18)25-13)21-12-31-24(26-21)19-11-27(14(2)28)22-10-16(30-4)5-7-17(19)22/h5-12,25H,1-4H3. The van der Waals surface area contributed by atoms with Gasteiger partial charge in [-0.25, -0.2) is 4.98 Å². The van der Waals surface area contributed by atoms with Crippen LogP contribution in [0.25, 0.3) is 43.6 Å². The Kier molecular flexibility index (Phi) is 4.55. The number of nitrogens with zero attached hydrogens (tertiary/aromatic N) is 2. The number of methoxy groups -OCH3 is 2. The normalized spacial score (nSPS) is 11.4. The molecule has 0 atom stereocenters. The lowest BCUT2D eigenvalue weighted by molar-refractivity contribution is 0.0941. The van der Waals surface area contributed by atoms with Gasteiger partial charge in [-0.05, 0) is 37.3 Å². The van der Waals surface area contributed by atoms with Gasteiger partial charge in [-0.3, -0.25) is 9.36 Å². The van der Waals surface area contributed by atoms with E-state index >= 15 is 0 Å². The van der Waals surface area contributed by atoms with Crippen LogP contribution in [0, 0.1) is 6.92 Å². The number of rotatable bonds is 4. The summed E-state index contributed by atoms with van der Waals surface area (Å²) >= 11 is 1.57. The number of aromatic nitrogens is 3. The van der Waals surface area contributed by atoms with Crippen molar-refractivity contribution in [2.24, 2.45) is 0 Å². The van der Waals surface area contributed by atoms with Crippen molar-refractivity contribution in [3.8, 4) is 33.3 Å². The zero-order chi connectivity index (χ0) is 21.7. The lowest BCUT2D eigenvalue weighted by Crippen LogP contribution is -2.02. The van der Waals surface area contributed by atoms with Crippen molar-refractivity contribution in [3.05, 3.63) is 53.7 Å². The summed E-state index contributed by atoms with van der Waals surface area (Å²) in [7, 11) is 3.29. The van der Waals surface area contributed by atoms with Crippen molar-refractivity contribution in [3.63, 3.8) is 0 Å². The van der Waals surface area contributed by atoms with E-state index in [4.69, 9.17) is 14.5 Å². The van der Waals surface area contributed by atoms with Gasteiger partial charge in [0.2, 0.25) is 5.91 Å². The van der Waals surface area contributed by atoms with E-state index in [0.717, 1.165) is 55.1 Å². The molecule has 0 amide bonds. The number of ether oxygens (including phenoxy) is 2. The first-order valence-corrected chi connectivity index (χ1v) is 10.7. The summed E-state index contributed by atoms with van der Waals surface area (Å²) in [6.07, 6.45) is 1.86. The molecule has 0 radical (unpaired) electrons. The Labute approximate surface area is 183 Å². The summed E-state index contributed by atoms with van der Waals surface area (Å²) < 4.78 is 12.4. The van der Waals surface area contributed by atoms with Gasteiger partial charge < -0.3 is 14.5 Å². The first-order valence-electron chi connectivity index (χ1n) is 9.82. The molecule has 0 unspecified atom stereocenters. The average molecular weight is 432 g/mol. The van der Waals surface area contributed by atoms with E-state index in [0.29, 0.717) is 5.75 Å². The summed E-state index contributed by atoms with van der Waals surface area (Å²) in [5.41, 5.74) is 5.80. The fourth-order valence-electron chi connectivity index (χ4n) is 4.04. The molecule has 0 saturated heterocycles. The van der Waals surface area contributed by atoms with E-state index in [9.17, 15) is 4.79 Å². The molecule has 5 aromatic rings. The minimum atomic E-state index is -0.0548. The first-order chi connectivity index (χ1) is 15.0. The monoisotopic (exact) mass is 431 g/mol. The highest BCUT2D eigenvalue weighted by Crippen LogP contribution is 2.39. The number of carbonyl (C=O) groups excluding carboxylic acids is 1. The van der Waals surface area contributed by atoms with Gasteiger partial charge in [0.05, 0.1) is 25.4 Å². The summed E-state index contributed by atoms with van der Waals surface area (Å²) in [5.74, 6) is 1.46. The van der Waals surface area contributed by atoms with Crippen molar-refractivity contribution in [2.45, 2.75) is 13.8 Å². The minimum Gasteiger partial charge on any atom is -0.497 e. The van der Waals surface area contributed by atoms with Gasteiger partial charge in [-0.1, -0.05) is 0 Å². The lowest BCUT2D eigenvalue weighted by atomic mass is 10.1. The molecule has 31 heavy (non-hydrogen) atoms. The second-order valence-corrected chi connectivity index (χ2v) is 8.25. The van der Waals surface area contributed by atoms with Crippen LogP contribution >= 0.6 is 11.3 Å². The number of aromatic amines is 1. The Morgan fingerprint density at radius 3 is 2.55 bits per heavy atom. The van der Waals surface area contributed by atoms with Crippen LogP contribution in [0.2, 0.25) is 0 Å². The third kappa shape index (κ3) is 3.09. The molecule has 0 fully saturated rings. The highest BCUT2D eigenvalue weighted by atomic mass is 32.1. The zero-order valence-electron chi connectivity index (χ0n) is 17.6. The van der Waals surface area contributed by atoms with E-state index < -0.39 is 0 Å². The second kappa shape index (κ2) is 7.28. The summed E-state index contributed by atoms with van der Waals surface area (Å²) in [6, 6.07) is 11.8. The van der Waals surface area contributed by atoms with Crippen molar-refractivity contribution >= 4 is 39.0 Å². The number of benzene rings is 2. The third-order valence-electron chi connectivity index (χ3n) is 5.54. The molecule has 0 spiro atoms. The predicted molar refractivity (Wildman–Crippen MR) is 124 cm³/mol. The molecule has 0 aliphatic rings. The Balaban J connectivity index is 1.67. The summed E-state index contributed by atoms with van der Waals surface area (Å²) in [6.45, 7) is 3.60. The molecular weight excluding hydrogens is 410 g/mol. The fraction of sp³-hybridized carbons (Fsp3) is 0.167. The van der Waals surface area contributed by atoms with E-state index in [1.165, 1.54) is 0 Å². The van der Waals surface area contributed by atoms with E-state index in [-0.39, 0.29) is 5.91 Å². The van der Waals surface area contributed by atoms with Gasteiger partial charge in [0.25, 0.3) is 0 Å². The molecule has 0 saturated carbocycles. The fourth-order valence-corrected chi connectivity index (χ4v) is 4.87. The second-order valence-electron chi connectivity index (χ2n) is 7.39. The molecule has 156 valence electrons. The van der Waals surface area contributed by atoms with E-state index in [1.807, 2.05) is 42.6 Å². The number of hydrogen-bond donors (Lipinski definition) is 1. The van der Waals surface area contributed by atoms with Crippen molar-refractivity contribution in [2.75, 3.05) is 14.2 Å². The number of fused-ring (bicyclic) bond motifs is 2. The maximum atomic E-state index is 12.2. The van der Waals surface area contributed by atoms with Crippen molar-refractivity contribution in [1.29, 1.82) is 0 Å². The molecule has 6 nitrogen and oxygen atoms in total. The number of nitrogens with one attached hydrogen (secondary N) is 1. The van der Waals surface area contributed by atoms with Crippen molar-refractivity contribution in [1.82, 2.24) is 14.5 Å². The van der Waals surface area contributed by atoms with Crippen molar-refractivity contribution < 1.29 is 14.3 Å². The van der Waals surface area contributed by atoms with Crippen LogP contribution in [0.15, 0.2) is 48.0 Å². The Bertz CT molecular complexity index is 1460. The molecule has 2 aromatic carbocycles. The molecule has 3 heterocycles. The number of aryl methyl sites for hydroxylation is 1. The van der Waals surface area contributed by atoms with Gasteiger partial charge in [-0.15, -0.1) is 11.3 Å². The quantitative estimate of drug-likeness (QED) is 0.385. The van der Waals surface area contributed by atoms with E-state index in [1.54, 1.807) is 37.0 Å². The molecule has 5 rings (SSSR count).